The average molecular weight is 343 g/mol. The molecule has 0 aromatic heterocycles. The topological polar surface area (TPSA) is 59.3 Å². The molecule has 26 heavy (non-hydrogen) atoms. The van der Waals surface area contributed by atoms with Gasteiger partial charge in [-0.25, -0.2) is 4.79 Å². The summed E-state index contributed by atoms with van der Waals surface area (Å²) in [5, 5.41) is 11.7. The predicted molar refractivity (Wildman–Crippen MR) is 101 cm³/mol. The number of carbonyl (C=O) groups is 1. The largest absolute Gasteiger partial charge is 0.497 e. The molecule has 0 heterocycles. The van der Waals surface area contributed by atoms with E-state index in [2.05, 4.69) is 0 Å². The van der Waals surface area contributed by atoms with Crippen molar-refractivity contribution in [3.8, 4) is 11.8 Å². The maximum atomic E-state index is 12.2. The summed E-state index contributed by atoms with van der Waals surface area (Å²) in [4.78, 5) is 12.2. The molecule has 0 aliphatic heterocycles. The second-order valence-electron chi connectivity index (χ2n) is 5.64. The second-order valence-corrected chi connectivity index (χ2v) is 5.64. The van der Waals surface area contributed by atoms with Crippen LogP contribution in [0, 0.1) is 11.3 Å². The van der Waals surface area contributed by atoms with E-state index in [1.165, 1.54) is 7.11 Å². The van der Waals surface area contributed by atoms with E-state index in [1.54, 1.807) is 19.2 Å². The first-order valence-electron chi connectivity index (χ1n) is 8.04. The highest BCUT2D eigenvalue weighted by Gasteiger charge is 2.19. The maximum Gasteiger partial charge on any atom is 0.349 e. The Hall–Kier alpha value is -3.58. The summed E-state index contributed by atoms with van der Waals surface area (Å²) >= 11 is 0. The standard InChI is InChI=1S/C22H17NO3/c1-25-19-11-9-16(10-12-19)21(20(14-23)22(24)26-2)18-8-7-15-5-3-4-6-17(15)13-18/h3-13H,1-2H3. The van der Waals surface area contributed by atoms with E-state index in [0.717, 1.165) is 21.9 Å². The van der Waals surface area contributed by atoms with Gasteiger partial charge in [0.15, 0.2) is 0 Å². The number of rotatable bonds is 4. The number of esters is 1. The Labute approximate surface area is 151 Å². The monoisotopic (exact) mass is 343 g/mol. The van der Waals surface area contributed by atoms with E-state index in [0.29, 0.717) is 11.3 Å². The molecule has 0 bridgehead atoms. The highest BCUT2D eigenvalue weighted by molar-refractivity contribution is 6.06. The molecule has 0 aliphatic rings. The minimum atomic E-state index is -0.661. The highest BCUT2D eigenvalue weighted by Crippen LogP contribution is 2.31. The van der Waals surface area contributed by atoms with Crippen LogP contribution in [-0.4, -0.2) is 20.2 Å². The van der Waals surface area contributed by atoms with Crippen LogP contribution in [0.3, 0.4) is 0 Å². The van der Waals surface area contributed by atoms with E-state index in [1.807, 2.05) is 60.7 Å². The lowest BCUT2D eigenvalue weighted by atomic mass is 9.92. The Morgan fingerprint density at radius 2 is 1.54 bits per heavy atom. The molecule has 0 saturated heterocycles. The van der Waals surface area contributed by atoms with Crippen molar-refractivity contribution in [3.63, 3.8) is 0 Å². The lowest BCUT2D eigenvalue weighted by Crippen LogP contribution is -2.07. The zero-order valence-corrected chi connectivity index (χ0v) is 14.5. The summed E-state index contributed by atoms with van der Waals surface area (Å²) in [7, 11) is 2.86. The Kier molecular flexibility index (Phi) is 5.00. The van der Waals surface area contributed by atoms with Gasteiger partial charge >= 0.3 is 5.97 Å². The van der Waals surface area contributed by atoms with Crippen LogP contribution in [-0.2, 0) is 9.53 Å². The molecule has 128 valence electrons. The number of ether oxygens (including phenoxy) is 2. The molecule has 0 unspecified atom stereocenters. The van der Waals surface area contributed by atoms with Gasteiger partial charge in [0, 0.05) is 5.57 Å². The molecule has 0 saturated carbocycles. The Balaban J connectivity index is 2.26. The van der Waals surface area contributed by atoms with E-state index in [-0.39, 0.29) is 5.57 Å². The minimum absolute atomic E-state index is 0.0343. The zero-order chi connectivity index (χ0) is 18.5. The van der Waals surface area contributed by atoms with E-state index >= 15 is 0 Å². The molecule has 0 radical (unpaired) electrons. The molecule has 3 rings (SSSR count). The number of nitrogens with zero attached hydrogens (tertiary/aromatic N) is 1. The van der Waals surface area contributed by atoms with Crippen molar-refractivity contribution >= 4 is 22.3 Å². The van der Waals surface area contributed by atoms with Crippen molar-refractivity contribution in [2.75, 3.05) is 14.2 Å². The quantitative estimate of drug-likeness (QED) is 0.401. The van der Waals surface area contributed by atoms with Crippen molar-refractivity contribution in [1.82, 2.24) is 0 Å². The molecule has 4 nitrogen and oxygen atoms in total. The van der Waals surface area contributed by atoms with E-state index < -0.39 is 5.97 Å². The Morgan fingerprint density at radius 1 is 0.885 bits per heavy atom. The molecular weight excluding hydrogens is 326 g/mol. The van der Waals surface area contributed by atoms with Crippen LogP contribution in [0.15, 0.2) is 72.3 Å². The van der Waals surface area contributed by atoms with Crippen molar-refractivity contribution in [1.29, 1.82) is 5.26 Å². The minimum Gasteiger partial charge on any atom is -0.497 e. The Morgan fingerprint density at radius 3 is 2.15 bits per heavy atom. The van der Waals surface area contributed by atoms with Crippen LogP contribution in [0.5, 0.6) is 5.75 Å². The van der Waals surface area contributed by atoms with Gasteiger partial charge in [0.25, 0.3) is 0 Å². The van der Waals surface area contributed by atoms with Gasteiger partial charge in [-0.1, -0.05) is 48.5 Å². The summed E-state index contributed by atoms with van der Waals surface area (Å²) in [5.41, 5.74) is 2.01. The molecule has 3 aromatic rings. The van der Waals surface area contributed by atoms with Gasteiger partial charge in [-0.3, -0.25) is 0 Å². The van der Waals surface area contributed by atoms with Crippen LogP contribution in [0.25, 0.3) is 16.3 Å². The van der Waals surface area contributed by atoms with Gasteiger partial charge in [0.2, 0.25) is 0 Å². The van der Waals surface area contributed by atoms with Crippen molar-refractivity contribution in [2.45, 2.75) is 0 Å². The summed E-state index contributed by atoms with van der Waals surface area (Å²) in [6, 6.07) is 23.0. The van der Waals surface area contributed by atoms with Gasteiger partial charge < -0.3 is 9.47 Å². The van der Waals surface area contributed by atoms with Gasteiger partial charge in [0.05, 0.1) is 14.2 Å². The fourth-order valence-electron chi connectivity index (χ4n) is 2.86. The molecule has 0 spiro atoms. The first kappa shape index (κ1) is 17.2. The molecule has 4 heteroatoms. The number of hydrogen-bond acceptors (Lipinski definition) is 4. The van der Waals surface area contributed by atoms with Crippen molar-refractivity contribution < 1.29 is 14.3 Å². The van der Waals surface area contributed by atoms with E-state index in [4.69, 9.17) is 9.47 Å². The molecule has 0 amide bonds. The lowest BCUT2D eigenvalue weighted by Gasteiger charge is -2.12. The molecule has 0 aliphatic carbocycles. The molecule has 0 atom stereocenters. The lowest BCUT2D eigenvalue weighted by molar-refractivity contribution is -0.135. The fraction of sp³-hybridized carbons (Fsp3) is 0.0909. The van der Waals surface area contributed by atoms with Gasteiger partial charge in [-0.2, -0.15) is 5.26 Å². The third-order valence-corrected chi connectivity index (χ3v) is 4.17. The first-order chi connectivity index (χ1) is 12.7. The van der Waals surface area contributed by atoms with Gasteiger partial charge in [0.1, 0.15) is 17.4 Å². The fourth-order valence-corrected chi connectivity index (χ4v) is 2.86. The van der Waals surface area contributed by atoms with E-state index in [9.17, 15) is 10.1 Å². The van der Waals surface area contributed by atoms with Crippen molar-refractivity contribution in [2.24, 2.45) is 0 Å². The van der Waals surface area contributed by atoms with Gasteiger partial charge in [-0.15, -0.1) is 0 Å². The SMILES string of the molecule is COC(=O)C(C#N)=C(c1ccc(OC)cc1)c1ccc2ccccc2c1. The summed E-state index contributed by atoms with van der Waals surface area (Å²) in [5.74, 6) is 0.0367. The van der Waals surface area contributed by atoms with Gasteiger partial charge in [-0.05, 0) is 40.1 Å². The van der Waals surface area contributed by atoms with Crippen LogP contribution < -0.4 is 4.74 Å². The third-order valence-electron chi connectivity index (χ3n) is 4.17. The number of methoxy groups -OCH3 is 2. The molecule has 3 aromatic carbocycles. The summed E-state index contributed by atoms with van der Waals surface area (Å²) < 4.78 is 10.0. The molecule has 0 fully saturated rings. The summed E-state index contributed by atoms with van der Waals surface area (Å²) in [6.07, 6.45) is 0. The first-order valence-corrected chi connectivity index (χ1v) is 8.04. The number of fused-ring (bicyclic) bond motifs is 1. The molecule has 0 N–H and O–H groups in total. The average Bonchev–Trinajstić information content (AvgIpc) is 2.71. The number of hydrogen-bond donors (Lipinski definition) is 0. The van der Waals surface area contributed by atoms with Crippen LogP contribution >= 0.6 is 0 Å². The third kappa shape index (κ3) is 3.28. The number of carbonyl (C=O) groups excluding carboxylic acids is 1. The Bertz CT molecular complexity index is 1030. The maximum absolute atomic E-state index is 12.2. The predicted octanol–water partition coefficient (Wildman–Crippen LogP) is 4.35. The van der Waals surface area contributed by atoms with Crippen LogP contribution in [0.2, 0.25) is 0 Å². The summed E-state index contributed by atoms with van der Waals surface area (Å²) in [6.45, 7) is 0. The number of benzene rings is 3. The molecular formula is C22H17NO3. The number of nitriles is 1. The normalized spacial score (nSPS) is 11.4. The zero-order valence-electron chi connectivity index (χ0n) is 14.5. The highest BCUT2D eigenvalue weighted by atomic mass is 16.5. The van der Waals surface area contributed by atoms with Crippen LogP contribution in [0.4, 0.5) is 0 Å². The van der Waals surface area contributed by atoms with Crippen molar-refractivity contribution in [3.05, 3.63) is 83.4 Å². The smallest absolute Gasteiger partial charge is 0.349 e. The van der Waals surface area contributed by atoms with Crippen LogP contribution in [0.1, 0.15) is 11.1 Å². The second kappa shape index (κ2) is 7.54.